The van der Waals surface area contributed by atoms with Gasteiger partial charge in [0.05, 0.1) is 17.2 Å². The van der Waals surface area contributed by atoms with Gasteiger partial charge < -0.3 is 9.64 Å². The smallest absolute Gasteiger partial charge is 0.333 e. The first-order chi connectivity index (χ1) is 14.4. The number of nitrogens with zero attached hydrogens (tertiary/aromatic N) is 2. The summed E-state index contributed by atoms with van der Waals surface area (Å²) in [5, 5.41) is 0. The standard InChI is InChI=1S/C23H28N2O4S/c1-4-29-22(27)14-21-25(15-20(26)24-11-9-17(3)10-12-24)23(28)19(30-21)13-18-7-5-16(2)6-8-18/h5-8,13-14,17H,4,9-12,15H2,1-3H3/b19-13-,21-14-. The van der Waals surface area contributed by atoms with Crippen molar-refractivity contribution in [1.29, 1.82) is 0 Å². The molecule has 6 nitrogen and oxygen atoms in total. The number of rotatable bonds is 5. The molecule has 0 unspecified atom stereocenters. The largest absolute Gasteiger partial charge is 0.463 e. The number of hydrogen-bond donors (Lipinski definition) is 0. The number of likely N-dealkylation sites (tertiary alicyclic amines) is 1. The fourth-order valence-electron chi connectivity index (χ4n) is 3.38. The average molecular weight is 429 g/mol. The third-order valence-electron chi connectivity index (χ3n) is 5.27. The molecule has 1 amide bonds. The topological polar surface area (TPSA) is 68.6 Å². The molecule has 0 radical (unpaired) electrons. The zero-order chi connectivity index (χ0) is 21.7. The van der Waals surface area contributed by atoms with Crippen LogP contribution in [0.3, 0.4) is 0 Å². The molecular formula is C23H28N2O4S. The molecule has 30 heavy (non-hydrogen) atoms. The normalized spacial score (nSPS) is 16.2. The van der Waals surface area contributed by atoms with Crippen molar-refractivity contribution in [1.82, 2.24) is 9.47 Å². The Labute approximate surface area is 180 Å². The van der Waals surface area contributed by atoms with Crippen LogP contribution in [-0.4, -0.2) is 41.0 Å². The maximum atomic E-state index is 13.1. The van der Waals surface area contributed by atoms with E-state index < -0.39 is 5.97 Å². The zero-order valence-corrected chi connectivity index (χ0v) is 18.5. The monoisotopic (exact) mass is 428 g/mol. The number of carbonyl (C=O) groups is 2. The molecule has 3 rings (SSSR count). The molecule has 2 heterocycles. The van der Waals surface area contributed by atoms with Crippen LogP contribution in [0.1, 0.15) is 37.8 Å². The first-order valence-electron chi connectivity index (χ1n) is 10.3. The maximum absolute atomic E-state index is 13.1. The summed E-state index contributed by atoms with van der Waals surface area (Å²) in [6, 6.07) is 7.83. The SMILES string of the molecule is CCOC(=O)/C=c1\s/c(=C\c2ccc(C)cc2)c(=O)n1CC(=O)N1CCC(C)CC1. The van der Waals surface area contributed by atoms with Crippen molar-refractivity contribution in [3.05, 3.63) is 54.9 Å². The Morgan fingerprint density at radius 3 is 2.50 bits per heavy atom. The lowest BCUT2D eigenvalue weighted by atomic mass is 9.99. The quantitative estimate of drug-likeness (QED) is 0.679. The second kappa shape index (κ2) is 9.89. The van der Waals surface area contributed by atoms with Crippen molar-refractivity contribution in [3.8, 4) is 0 Å². The molecule has 160 valence electrons. The summed E-state index contributed by atoms with van der Waals surface area (Å²) in [7, 11) is 0. The van der Waals surface area contributed by atoms with Gasteiger partial charge in [-0.2, -0.15) is 0 Å². The van der Waals surface area contributed by atoms with Crippen LogP contribution in [0.2, 0.25) is 0 Å². The molecule has 1 aliphatic rings. The molecule has 1 saturated heterocycles. The molecular weight excluding hydrogens is 400 g/mol. The molecule has 0 atom stereocenters. The van der Waals surface area contributed by atoms with E-state index in [0.717, 1.165) is 24.0 Å². The Bertz CT molecular complexity index is 1070. The van der Waals surface area contributed by atoms with E-state index in [0.29, 0.717) is 28.2 Å². The highest BCUT2D eigenvalue weighted by atomic mass is 32.1. The van der Waals surface area contributed by atoms with Gasteiger partial charge in [0.2, 0.25) is 5.91 Å². The summed E-state index contributed by atoms with van der Waals surface area (Å²) in [5.74, 6) is -0.00262. The van der Waals surface area contributed by atoms with Gasteiger partial charge in [0.15, 0.2) is 0 Å². The molecule has 0 bridgehead atoms. The second-order valence-electron chi connectivity index (χ2n) is 7.71. The van der Waals surface area contributed by atoms with Gasteiger partial charge in [-0.1, -0.05) is 36.8 Å². The third kappa shape index (κ3) is 5.48. The van der Waals surface area contributed by atoms with Crippen molar-refractivity contribution >= 4 is 35.4 Å². The van der Waals surface area contributed by atoms with Crippen LogP contribution < -0.4 is 14.8 Å². The van der Waals surface area contributed by atoms with E-state index in [1.54, 1.807) is 13.0 Å². The van der Waals surface area contributed by atoms with Crippen LogP contribution in [0.5, 0.6) is 0 Å². The van der Waals surface area contributed by atoms with Crippen LogP contribution in [0.4, 0.5) is 0 Å². The van der Waals surface area contributed by atoms with Crippen LogP contribution in [0, 0.1) is 12.8 Å². The molecule has 0 spiro atoms. The minimum atomic E-state index is -0.520. The molecule has 1 fully saturated rings. The number of piperidine rings is 1. The summed E-state index contributed by atoms with van der Waals surface area (Å²) in [4.78, 5) is 39.7. The number of aromatic nitrogens is 1. The highest BCUT2D eigenvalue weighted by molar-refractivity contribution is 7.07. The lowest BCUT2D eigenvalue weighted by molar-refractivity contribution is -0.136. The molecule has 2 aromatic rings. The third-order valence-corrected chi connectivity index (χ3v) is 6.33. The number of carbonyl (C=O) groups excluding carboxylic acids is 2. The second-order valence-corrected chi connectivity index (χ2v) is 8.77. The van der Waals surface area contributed by atoms with E-state index in [4.69, 9.17) is 4.74 Å². The number of esters is 1. The summed E-state index contributed by atoms with van der Waals surface area (Å²) in [6.45, 7) is 7.50. The summed E-state index contributed by atoms with van der Waals surface area (Å²) >= 11 is 1.20. The van der Waals surface area contributed by atoms with Crippen molar-refractivity contribution < 1.29 is 14.3 Å². The van der Waals surface area contributed by atoms with Crippen molar-refractivity contribution in [2.75, 3.05) is 19.7 Å². The Hall–Kier alpha value is -2.67. The number of aryl methyl sites for hydroxylation is 1. The fraction of sp³-hybridized carbons (Fsp3) is 0.435. The van der Waals surface area contributed by atoms with Crippen molar-refractivity contribution in [2.45, 2.75) is 40.2 Å². The first-order valence-corrected chi connectivity index (χ1v) is 11.1. The molecule has 7 heteroatoms. The molecule has 1 aromatic heterocycles. The Kier molecular flexibility index (Phi) is 7.26. The number of ether oxygens (including phenoxy) is 1. The Morgan fingerprint density at radius 1 is 1.20 bits per heavy atom. The summed E-state index contributed by atoms with van der Waals surface area (Å²) < 4.78 is 7.30. The Morgan fingerprint density at radius 2 is 1.87 bits per heavy atom. The van der Waals surface area contributed by atoms with Gasteiger partial charge in [0.25, 0.3) is 5.56 Å². The van der Waals surface area contributed by atoms with Gasteiger partial charge in [0, 0.05) is 13.1 Å². The van der Waals surface area contributed by atoms with Gasteiger partial charge in [0.1, 0.15) is 11.2 Å². The molecule has 1 aromatic carbocycles. The number of hydrogen-bond acceptors (Lipinski definition) is 5. The summed E-state index contributed by atoms with van der Waals surface area (Å²) in [5.41, 5.74) is 1.76. The van der Waals surface area contributed by atoms with Gasteiger partial charge >= 0.3 is 5.97 Å². The fourth-order valence-corrected chi connectivity index (χ4v) is 4.42. The molecule has 0 saturated carbocycles. The number of amides is 1. The lowest BCUT2D eigenvalue weighted by Crippen LogP contribution is -2.43. The van der Waals surface area contributed by atoms with Crippen LogP contribution in [0.15, 0.2) is 29.1 Å². The van der Waals surface area contributed by atoms with E-state index in [1.165, 1.54) is 22.0 Å². The van der Waals surface area contributed by atoms with Crippen molar-refractivity contribution in [3.63, 3.8) is 0 Å². The van der Waals surface area contributed by atoms with Gasteiger partial charge in [-0.25, -0.2) is 4.79 Å². The van der Waals surface area contributed by atoms with E-state index in [9.17, 15) is 14.4 Å². The van der Waals surface area contributed by atoms with Crippen molar-refractivity contribution in [2.24, 2.45) is 5.92 Å². The molecule has 0 aliphatic carbocycles. The molecule has 0 N–H and O–H groups in total. The van der Waals surface area contributed by atoms with Gasteiger partial charge in [-0.05, 0) is 44.2 Å². The minimum absolute atomic E-state index is 0.0727. The number of thiazole rings is 1. The van der Waals surface area contributed by atoms with Crippen LogP contribution in [0.25, 0.3) is 12.2 Å². The van der Waals surface area contributed by atoms with Crippen LogP contribution >= 0.6 is 11.3 Å². The predicted octanol–water partition coefficient (Wildman–Crippen LogP) is 1.65. The Balaban J connectivity index is 1.98. The molecule has 1 aliphatic heterocycles. The first kappa shape index (κ1) is 22.0. The highest BCUT2D eigenvalue weighted by Crippen LogP contribution is 2.16. The van der Waals surface area contributed by atoms with Gasteiger partial charge in [-0.3, -0.25) is 14.2 Å². The summed E-state index contributed by atoms with van der Waals surface area (Å²) in [6.07, 6.45) is 5.03. The highest BCUT2D eigenvalue weighted by Gasteiger charge is 2.21. The number of benzene rings is 1. The van der Waals surface area contributed by atoms with E-state index in [-0.39, 0.29) is 24.6 Å². The lowest BCUT2D eigenvalue weighted by Gasteiger charge is -2.30. The van der Waals surface area contributed by atoms with E-state index in [2.05, 4.69) is 6.92 Å². The minimum Gasteiger partial charge on any atom is -0.463 e. The van der Waals surface area contributed by atoms with E-state index >= 15 is 0 Å². The van der Waals surface area contributed by atoms with E-state index in [1.807, 2.05) is 36.1 Å². The van der Waals surface area contributed by atoms with Gasteiger partial charge in [-0.15, -0.1) is 11.3 Å². The predicted molar refractivity (Wildman–Crippen MR) is 119 cm³/mol. The zero-order valence-electron chi connectivity index (χ0n) is 17.7. The average Bonchev–Trinajstić information content (AvgIpc) is 2.99. The van der Waals surface area contributed by atoms with Crippen LogP contribution in [-0.2, 0) is 20.9 Å². The maximum Gasteiger partial charge on any atom is 0.333 e.